The lowest BCUT2D eigenvalue weighted by atomic mass is 9.95. The van der Waals surface area contributed by atoms with Gasteiger partial charge in [-0.1, -0.05) is 19.3 Å². The van der Waals surface area contributed by atoms with Gasteiger partial charge in [-0.25, -0.2) is 4.39 Å². The van der Waals surface area contributed by atoms with E-state index in [-0.39, 0.29) is 5.82 Å². The summed E-state index contributed by atoms with van der Waals surface area (Å²) in [6, 6.07) is 5.47. The van der Waals surface area contributed by atoms with Crippen LogP contribution in [0.25, 0.3) is 0 Å². The Morgan fingerprint density at radius 3 is 2.88 bits per heavy atom. The lowest BCUT2D eigenvalue weighted by Gasteiger charge is -2.23. The van der Waals surface area contributed by atoms with E-state index in [0.717, 1.165) is 17.9 Å². The molecule has 1 saturated carbocycles. The highest BCUT2D eigenvalue weighted by molar-refractivity contribution is 5.70. The summed E-state index contributed by atoms with van der Waals surface area (Å²) in [6.45, 7) is 1.01. The van der Waals surface area contributed by atoms with Gasteiger partial charge in [0, 0.05) is 12.6 Å². The molecule has 2 aliphatic rings. The number of hydrogen-bond acceptors (Lipinski definition) is 2. The molecule has 0 aromatic heterocycles. The van der Waals surface area contributed by atoms with Crippen molar-refractivity contribution >= 4 is 11.4 Å². The number of halogens is 1. The third kappa shape index (κ3) is 2.24. The van der Waals surface area contributed by atoms with Crippen LogP contribution in [0.2, 0.25) is 0 Å². The number of rotatable bonds is 0. The highest BCUT2D eigenvalue weighted by atomic mass is 19.1. The van der Waals surface area contributed by atoms with Crippen LogP contribution in [0, 0.1) is 11.7 Å². The van der Waals surface area contributed by atoms with Crippen molar-refractivity contribution in [2.75, 3.05) is 17.2 Å². The van der Waals surface area contributed by atoms with Crippen LogP contribution in [-0.4, -0.2) is 12.6 Å². The predicted octanol–water partition coefficient (Wildman–Crippen LogP) is 3.61. The zero-order chi connectivity index (χ0) is 11.7. The van der Waals surface area contributed by atoms with Crippen molar-refractivity contribution in [3.05, 3.63) is 24.0 Å². The molecule has 0 spiro atoms. The zero-order valence-electron chi connectivity index (χ0n) is 10.0. The Bertz CT molecular complexity index is 405. The fourth-order valence-electron chi connectivity index (χ4n) is 3.05. The molecule has 2 nitrogen and oxygen atoms in total. The second-order valence-electron chi connectivity index (χ2n) is 5.22. The van der Waals surface area contributed by atoms with Crippen molar-refractivity contribution < 1.29 is 4.39 Å². The van der Waals surface area contributed by atoms with Gasteiger partial charge in [-0.15, -0.1) is 0 Å². The van der Waals surface area contributed by atoms with E-state index in [1.807, 2.05) is 6.07 Å². The van der Waals surface area contributed by atoms with Crippen molar-refractivity contribution in [3.8, 4) is 0 Å². The van der Waals surface area contributed by atoms with E-state index in [1.165, 1.54) is 38.2 Å². The maximum atomic E-state index is 13.3. The molecule has 2 unspecified atom stereocenters. The SMILES string of the molecule is Fc1ccc2c(c1)NC1CCCCCC1CN2. The molecule has 92 valence electrons. The molecule has 1 aliphatic heterocycles. The number of benzene rings is 1. The van der Waals surface area contributed by atoms with Crippen LogP contribution < -0.4 is 10.6 Å². The first kappa shape index (κ1) is 10.9. The van der Waals surface area contributed by atoms with Crippen LogP contribution in [0.3, 0.4) is 0 Å². The average Bonchev–Trinajstić information content (AvgIpc) is 2.61. The lowest BCUT2D eigenvalue weighted by Crippen LogP contribution is -2.30. The van der Waals surface area contributed by atoms with Gasteiger partial charge in [-0.05, 0) is 37.0 Å². The molecule has 1 aliphatic carbocycles. The summed E-state index contributed by atoms with van der Waals surface area (Å²) in [5.41, 5.74) is 1.97. The van der Waals surface area contributed by atoms with Crippen molar-refractivity contribution in [1.29, 1.82) is 0 Å². The van der Waals surface area contributed by atoms with Crippen molar-refractivity contribution in [3.63, 3.8) is 0 Å². The second kappa shape index (κ2) is 4.55. The van der Waals surface area contributed by atoms with Crippen LogP contribution in [0.15, 0.2) is 18.2 Å². The Hall–Kier alpha value is -1.25. The van der Waals surface area contributed by atoms with Crippen molar-refractivity contribution in [2.24, 2.45) is 5.92 Å². The third-order valence-corrected chi connectivity index (χ3v) is 4.04. The van der Waals surface area contributed by atoms with E-state index in [0.29, 0.717) is 12.0 Å². The van der Waals surface area contributed by atoms with Crippen LogP contribution >= 0.6 is 0 Å². The van der Waals surface area contributed by atoms with Crippen molar-refractivity contribution in [2.45, 2.75) is 38.1 Å². The minimum Gasteiger partial charge on any atom is -0.383 e. The Morgan fingerprint density at radius 1 is 1.06 bits per heavy atom. The summed E-state index contributed by atoms with van der Waals surface area (Å²) in [4.78, 5) is 0. The van der Waals surface area contributed by atoms with Crippen LogP contribution in [0.4, 0.5) is 15.8 Å². The molecule has 3 heteroatoms. The fraction of sp³-hybridized carbons (Fsp3) is 0.571. The maximum Gasteiger partial charge on any atom is 0.125 e. The molecule has 1 fully saturated rings. The topological polar surface area (TPSA) is 24.1 Å². The first-order valence-electron chi connectivity index (χ1n) is 6.63. The number of hydrogen-bond donors (Lipinski definition) is 2. The molecule has 3 rings (SSSR count). The van der Waals surface area contributed by atoms with Crippen LogP contribution in [0.5, 0.6) is 0 Å². The van der Waals surface area contributed by atoms with Crippen LogP contribution in [0.1, 0.15) is 32.1 Å². The molecule has 0 amide bonds. The molecule has 1 heterocycles. The molecule has 0 bridgehead atoms. The van der Waals surface area contributed by atoms with Gasteiger partial charge in [-0.3, -0.25) is 0 Å². The molecule has 2 atom stereocenters. The van der Waals surface area contributed by atoms with E-state index in [9.17, 15) is 4.39 Å². The minimum absolute atomic E-state index is 0.162. The van der Waals surface area contributed by atoms with Crippen LogP contribution in [-0.2, 0) is 0 Å². The summed E-state index contributed by atoms with van der Waals surface area (Å²) < 4.78 is 13.3. The summed E-state index contributed by atoms with van der Waals surface area (Å²) in [7, 11) is 0. The smallest absolute Gasteiger partial charge is 0.125 e. The highest BCUT2D eigenvalue weighted by Gasteiger charge is 2.26. The highest BCUT2D eigenvalue weighted by Crippen LogP contribution is 2.33. The molecule has 1 aromatic carbocycles. The monoisotopic (exact) mass is 234 g/mol. The summed E-state index contributed by atoms with van der Waals surface area (Å²) in [5.74, 6) is 0.512. The van der Waals surface area contributed by atoms with E-state index in [1.54, 1.807) is 6.07 Å². The second-order valence-corrected chi connectivity index (χ2v) is 5.22. The molecule has 0 saturated heterocycles. The quantitative estimate of drug-likeness (QED) is 0.716. The Labute approximate surface area is 102 Å². The van der Waals surface area contributed by atoms with E-state index < -0.39 is 0 Å². The van der Waals surface area contributed by atoms with E-state index in [4.69, 9.17) is 0 Å². The first-order valence-corrected chi connectivity index (χ1v) is 6.63. The van der Waals surface area contributed by atoms with E-state index in [2.05, 4.69) is 10.6 Å². The fourth-order valence-corrected chi connectivity index (χ4v) is 3.05. The molecular weight excluding hydrogens is 215 g/mol. The van der Waals surface area contributed by atoms with Gasteiger partial charge >= 0.3 is 0 Å². The summed E-state index contributed by atoms with van der Waals surface area (Å²) in [5, 5.41) is 6.99. The largest absolute Gasteiger partial charge is 0.383 e. The van der Waals surface area contributed by atoms with Gasteiger partial charge in [0.05, 0.1) is 11.4 Å². The molecule has 1 aromatic rings. The van der Waals surface area contributed by atoms with Gasteiger partial charge in [0.2, 0.25) is 0 Å². The van der Waals surface area contributed by atoms with Gasteiger partial charge in [0.25, 0.3) is 0 Å². The normalized spacial score (nSPS) is 27.8. The third-order valence-electron chi connectivity index (χ3n) is 4.04. The first-order chi connectivity index (χ1) is 8.33. The Morgan fingerprint density at radius 2 is 1.94 bits per heavy atom. The molecular formula is C14H19FN2. The van der Waals surface area contributed by atoms with Gasteiger partial charge < -0.3 is 10.6 Å². The molecule has 17 heavy (non-hydrogen) atoms. The summed E-state index contributed by atoms with van der Waals surface area (Å²) >= 11 is 0. The average molecular weight is 234 g/mol. The minimum atomic E-state index is -0.162. The van der Waals surface area contributed by atoms with E-state index >= 15 is 0 Å². The number of fused-ring (bicyclic) bond motifs is 2. The molecule has 2 N–H and O–H groups in total. The Balaban J connectivity index is 1.87. The van der Waals surface area contributed by atoms with Gasteiger partial charge in [0.15, 0.2) is 0 Å². The van der Waals surface area contributed by atoms with Crippen molar-refractivity contribution in [1.82, 2.24) is 0 Å². The summed E-state index contributed by atoms with van der Waals surface area (Å²) in [6.07, 6.45) is 6.45. The number of anilines is 2. The van der Waals surface area contributed by atoms with Gasteiger partial charge in [-0.2, -0.15) is 0 Å². The predicted molar refractivity (Wildman–Crippen MR) is 68.9 cm³/mol. The molecule has 0 radical (unpaired) electrons. The lowest BCUT2D eigenvalue weighted by molar-refractivity contribution is 0.444. The number of nitrogens with one attached hydrogen (secondary N) is 2. The standard InChI is InChI=1S/C14H19FN2/c15-11-6-7-13-14(8-11)17-12-5-3-1-2-4-10(12)9-16-13/h6-8,10,12,16-17H,1-5,9H2. The Kier molecular flexibility index (Phi) is 2.91. The maximum absolute atomic E-state index is 13.3. The van der Waals surface area contributed by atoms with Gasteiger partial charge in [0.1, 0.15) is 5.82 Å². The zero-order valence-corrected chi connectivity index (χ0v) is 10.0.